The molecule has 0 fully saturated rings. The number of anilines is 2. The van der Waals surface area contributed by atoms with Gasteiger partial charge in [0.05, 0.1) is 22.7 Å². The van der Waals surface area contributed by atoms with Crippen LogP contribution in [0.25, 0.3) is 0 Å². The highest BCUT2D eigenvalue weighted by Gasteiger charge is 2.13. The van der Waals surface area contributed by atoms with Gasteiger partial charge in [0, 0.05) is 5.38 Å². The molecule has 0 saturated heterocycles. The molecule has 0 aliphatic heterocycles. The minimum Gasteiger partial charge on any atom is -0.378 e. The van der Waals surface area contributed by atoms with Crippen molar-refractivity contribution in [2.75, 3.05) is 11.1 Å². The van der Waals surface area contributed by atoms with Crippen molar-refractivity contribution in [2.45, 2.75) is 6.54 Å². The van der Waals surface area contributed by atoms with Gasteiger partial charge in [-0.2, -0.15) is 4.98 Å². The highest BCUT2D eigenvalue weighted by atomic mass is 32.1. The van der Waals surface area contributed by atoms with Crippen molar-refractivity contribution in [1.82, 2.24) is 15.0 Å². The molecule has 2 aromatic rings. The van der Waals surface area contributed by atoms with Crippen molar-refractivity contribution in [3.63, 3.8) is 0 Å². The van der Waals surface area contributed by atoms with Crippen molar-refractivity contribution in [3.05, 3.63) is 32.9 Å². The molecule has 17 heavy (non-hydrogen) atoms. The van der Waals surface area contributed by atoms with Crippen molar-refractivity contribution in [2.24, 2.45) is 0 Å². The largest absolute Gasteiger partial charge is 0.378 e. The predicted molar refractivity (Wildman–Crippen MR) is 62.5 cm³/mol. The molecule has 3 N–H and O–H groups in total. The first-order valence-corrected chi connectivity index (χ1v) is 5.49. The van der Waals surface area contributed by atoms with Gasteiger partial charge in [-0.3, -0.25) is 10.1 Å². The molecule has 2 aromatic heterocycles. The maximum absolute atomic E-state index is 10.5. The van der Waals surface area contributed by atoms with Crippen LogP contribution in [-0.2, 0) is 6.54 Å². The summed E-state index contributed by atoms with van der Waals surface area (Å²) in [6.07, 6.45) is 1.08. The predicted octanol–water partition coefficient (Wildman–Crippen LogP) is 1.04. The molecular weight excluding hydrogens is 244 g/mol. The van der Waals surface area contributed by atoms with E-state index in [-0.39, 0.29) is 17.5 Å². The van der Waals surface area contributed by atoms with E-state index in [1.807, 2.05) is 5.38 Å². The highest BCUT2D eigenvalue weighted by Crippen LogP contribution is 2.18. The molecule has 9 heteroatoms. The van der Waals surface area contributed by atoms with E-state index in [2.05, 4.69) is 20.3 Å². The van der Waals surface area contributed by atoms with Crippen LogP contribution in [0.3, 0.4) is 0 Å². The third-order valence-electron chi connectivity index (χ3n) is 1.91. The monoisotopic (exact) mass is 252 g/mol. The molecule has 0 aliphatic carbocycles. The molecule has 0 radical (unpaired) electrons. The Morgan fingerprint density at radius 2 is 2.35 bits per heavy atom. The molecule has 0 atom stereocenters. The lowest BCUT2D eigenvalue weighted by Crippen LogP contribution is -2.07. The van der Waals surface area contributed by atoms with E-state index in [9.17, 15) is 10.1 Å². The maximum atomic E-state index is 10.5. The number of hydrogen-bond donors (Lipinski definition) is 2. The summed E-state index contributed by atoms with van der Waals surface area (Å²) in [4.78, 5) is 21.5. The summed E-state index contributed by atoms with van der Waals surface area (Å²) >= 11 is 1.48. The zero-order valence-electron chi connectivity index (χ0n) is 8.53. The molecule has 2 rings (SSSR count). The fourth-order valence-corrected chi connectivity index (χ4v) is 1.67. The lowest BCUT2D eigenvalue weighted by molar-refractivity contribution is -0.384. The molecule has 0 spiro atoms. The number of nitrogens with zero attached hydrogens (tertiary/aromatic N) is 4. The second kappa shape index (κ2) is 4.70. The zero-order chi connectivity index (χ0) is 12.3. The normalized spacial score (nSPS) is 10.1. The first-order valence-electron chi connectivity index (χ1n) is 4.54. The van der Waals surface area contributed by atoms with Crippen LogP contribution in [0.4, 0.5) is 17.5 Å². The van der Waals surface area contributed by atoms with Crippen LogP contribution in [0.1, 0.15) is 5.69 Å². The summed E-state index contributed by atoms with van der Waals surface area (Å²) in [7, 11) is 0. The SMILES string of the molecule is Nc1nc(NCc2cscn2)ncc1[N+](=O)[O-]. The van der Waals surface area contributed by atoms with Crippen molar-refractivity contribution in [1.29, 1.82) is 0 Å². The average Bonchev–Trinajstić information content (AvgIpc) is 2.78. The van der Waals surface area contributed by atoms with Gasteiger partial charge in [-0.15, -0.1) is 11.3 Å². The molecule has 88 valence electrons. The number of nitrogens with two attached hydrogens (primary N) is 1. The Kier molecular flexibility index (Phi) is 3.10. The lowest BCUT2D eigenvalue weighted by atomic mass is 10.5. The minimum absolute atomic E-state index is 0.161. The second-order valence-electron chi connectivity index (χ2n) is 3.05. The number of nitrogens with one attached hydrogen (secondary N) is 1. The standard InChI is InChI=1S/C8H8N6O2S/c9-7-6(14(15)16)2-11-8(13-7)10-1-5-3-17-4-12-5/h2-4H,1H2,(H3,9,10,11,13). The number of rotatable bonds is 4. The van der Waals surface area contributed by atoms with E-state index in [0.29, 0.717) is 6.54 Å². The van der Waals surface area contributed by atoms with Gasteiger partial charge < -0.3 is 11.1 Å². The van der Waals surface area contributed by atoms with Crippen LogP contribution in [0.5, 0.6) is 0 Å². The van der Waals surface area contributed by atoms with Crippen LogP contribution in [0.2, 0.25) is 0 Å². The van der Waals surface area contributed by atoms with Crippen molar-refractivity contribution >= 4 is 28.8 Å². The fraction of sp³-hybridized carbons (Fsp3) is 0.125. The van der Waals surface area contributed by atoms with Gasteiger partial charge in [0.2, 0.25) is 11.8 Å². The molecule has 0 unspecified atom stereocenters. The highest BCUT2D eigenvalue weighted by molar-refractivity contribution is 7.07. The van der Waals surface area contributed by atoms with E-state index in [4.69, 9.17) is 5.73 Å². The Morgan fingerprint density at radius 1 is 1.53 bits per heavy atom. The van der Waals surface area contributed by atoms with Crippen LogP contribution in [-0.4, -0.2) is 19.9 Å². The topological polar surface area (TPSA) is 120 Å². The number of hydrogen-bond acceptors (Lipinski definition) is 8. The van der Waals surface area contributed by atoms with Crippen LogP contribution in [0, 0.1) is 10.1 Å². The Hall–Kier alpha value is -2.29. The molecule has 0 bridgehead atoms. The fourth-order valence-electron chi connectivity index (χ4n) is 1.11. The molecule has 0 aliphatic rings. The number of thiazole rings is 1. The molecule has 8 nitrogen and oxygen atoms in total. The molecule has 2 heterocycles. The first kappa shape index (κ1) is 11.2. The number of nitrogen functional groups attached to an aromatic ring is 1. The van der Waals surface area contributed by atoms with Crippen molar-refractivity contribution < 1.29 is 4.92 Å². The van der Waals surface area contributed by atoms with Gasteiger partial charge in [0.15, 0.2) is 0 Å². The van der Waals surface area contributed by atoms with Gasteiger partial charge in [0.25, 0.3) is 0 Å². The zero-order valence-corrected chi connectivity index (χ0v) is 9.35. The third-order valence-corrected chi connectivity index (χ3v) is 2.54. The average molecular weight is 252 g/mol. The Bertz CT molecular complexity index is 529. The summed E-state index contributed by atoms with van der Waals surface area (Å²) in [6, 6.07) is 0. The Morgan fingerprint density at radius 3 is 2.94 bits per heavy atom. The van der Waals surface area contributed by atoms with Gasteiger partial charge in [-0.05, 0) is 0 Å². The number of aromatic nitrogens is 3. The van der Waals surface area contributed by atoms with E-state index in [1.165, 1.54) is 11.3 Å². The Labute approximate surface area is 99.7 Å². The lowest BCUT2D eigenvalue weighted by Gasteiger charge is -2.03. The third kappa shape index (κ3) is 2.64. The van der Waals surface area contributed by atoms with Crippen molar-refractivity contribution in [3.8, 4) is 0 Å². The minimum atomic E-state index is -0.625. The summed E-state index contributed by atoms with van der Waals surface area (Å²) in [5.41, 5.74) is 7.68. The van der Waals surface area contributed by atoms with E-state index in [1.54, 1.807) is 5.51 Å². The summed E-state index contributed by atoms with van der Waals surface area (Å²) in [6.45, 7) is 0.445. The quantitative estimate of drug-likeness (QED) is 0.616. The molecule has 0 saturated carbocycles. The van der Waals surface area contributed by atoms with E-state index >= 15 is 0 Å². The maximum Gasteiger partial charge on any atom is 0.329 e. The van der Waals surface area contributed by atoms with Crippen LogP contribution >= 0.6 is 11.3 Å². The molecule has 0 aromatic carbocycles. The van der Waals surface area contributed by atoms with Crippen LogP contribution in [0.15, 0.2) is 17.1 Å². The summed E-state index contributed by atoms with van der Waals surface area (Å²) in [5.74, 6) is 0.0758. The van der Waals surface area contributed by atoms with E-state index in [0.717, 1.165) is 11.9 Å². The van der Waals surface area contributed by atoms with Gasteiger partial charge in [-0.25, -0.2) is 9.97 Å². The molecular formula is C8H8N6O2S. The summed E-state index contributed by atoms with van der Waals surface area (Å²) in [5, 5.41) is 15.2. The van der Waals surface area contributed by atoms with Crippen LogP contribution < -0.4 is 11.1 Å². The van der Waals surface area contributed by atoms with E-state index < -0.39 is 4.92 Å². The number of nitro groups is 1. The second-order valence-corrected chi connectivity index (χ2v) is 3.77. The molecule has 0 amide bonds. The first-order chi connectivity index (χ1) is 8.16. The Balaban J connectivity index is 2.07. The van der Waals surface area contributed by atoms with Gasteiger partial charge >= 0.3 is 5.69 Å². The van der Waals surface area contributed by atoms with Gasteiger partial charge in [-0.1, -0.05) is 0 Å². The smallest absolute Gasteiger partial charge is 0.329 e. The van der Waals surface area contributed by atoms with Gasteiger partial charge in [0.1, 0.15) is 6.20 Å². The summed E-state index contributed by atoms with van der Waals surface area (Å²) < 4.78 is 0.